The molecule has 2 aromatic carbocycles. The Morgan fingerprint density at radius 3 is 2.67 bits per heavy atom. The summed E-state index contributed by atoms with van der Waals surface area (Å²) in [6, 6.07) is 13.8. The fourth-order valence-electron chi connectivity index (χ4n) is 3.55. The first-order valence-electron chi connectivity index (χ1n) is 8.64. The number of benzene rings is 2. The van der Waals surface area contributed by atoms with Crippen molar-refractivity contribution in [2.45, 2.75) is 18.5 Å². The van der Waals surface area contributed by atoms with Crippen LogP contribution in [0.3, 0.4) is 0 Å². The number of anilines is 1. The molecule has 8 heteroatoms. The highest BCUT2D eigenvalue weighted by atomic mass is 16.5. The maximum atomic E-state index is 5.64. The molecule has 0 aliphatic carbocycles. The fourth-order valence-corrected chi connectivity index (χ4v) is 3.55. The van der Waals surface area contributed by atoms with Gasteiger partial charge in [0.1, 0.15) is 5.75 Å². The normalized spacial score (nSPS) is 18.3. The van der Waals surface area contributed by atoms with Gasteiger partial charge in [-0.05, 0) is 40.6 Å². The van der Waals surface area contributed by atoms with Gasteiger partial charge in [-0.2, -0.15) is 0 Å². The maximum Gasteiger partial charge on any atom is 0.243 e. The van der Waals surface area contributed by atoms with Crippen LogP contribution in [0.1, 0.15) is 29.6 Å². The van der Waals surface area contributed by atoms with Crippen LogP contribution < -0.4 is 19.5 Å². The number of aromatic nitrogens is 4. The Bertz CT molecular complexity index is 943. The van der Waals surface area contributed by atoms with Crippen LogP contribution in [0, 0.1) is 0 Å². The third-order valence-electron chi connectivity index (χ3n) is 4.84. The summed E-state index contributed by atoms with van der Waals surface area (Å²) in [5, 5.41) is 15.6. The number of fused-ring (bicyclic) bond motifs is 1. The van der Waals surface area contributed by atoms with Gasteiger partial charge >= 0.3 is 0 Å². The SMILES string of the molecule is COc1cccc(C2CC(c3cccc(OC)c3OC)n3nnnc3N2)c1. The molecule has 0 radical (unpaired) electrons. The molecule has 2 atom stereocenters. The quantitative estimate of drug-likeness (QED) is 0.742. The van der Waals surface area contributed by atoms with Crippen molar-refractivity contribution in [1.82, 2.24) is 20.2 Å². The third kappa shape index (κ3) is 3.03. The molecule has 4 rings (SSSR count). The van der Waals surface area contributed by atoms with E-state index in [2.05, 4.69) is 26.9 Å². The zero-order valence-corrected chi connectivity index (χ0v) is 15.4. The van der Waals surface area contributed by atoms with E-state index < -0.39 is 0 Å². The molecule has 0 saturated heterocycles. The number of ether oxygens (including phenoxy) is 3. The van der Waals surface area contributed by atoms with E-state index in [9.17, 15) is 0 Å². The van der Waals surface area contributed by atoms with Gasteiger partial charge in [0.2, 0.25) is 5.95 Å². The second kappa shape index (κ2) is 7.14. The lowest BCUT2D eigenvalue weighted by molar-refractivity contribution is 0.339. The van der Waals surface area contributed by atoms with Gasteiger partial charge in [0.05, 0.1) is 33.4 Å². The Morgan fingerprint density at radius 1 is 1.04 bits per heavy atom. The summed E-state index contributed by atoms with van der Waals surface area (Å²) in [7, 11) is 4.94. The van der Waals surface area contributed by atoms with Gasteiger partial charge in [0.15, 0.2) is 11.5 Å². The Labute approximate surface area is 157 Å². The minimum Gasteiger partial charge on any atom is -0.497 e. The van der Waals surface area contributed by atoms with Gasteiger partial charge in [-0.3, -0.25) is 0 Å². The molecule has 8 nitrogen and oxygen atoms in total. The molecule has 0 saturated carbocycles. The third-order valence-corrected chi connectivity index (χ3v) is 4.84. The van der Waals surface area contributed by atoms with Gasteiger partial charge in [-0.25, -0.2) is 4.68 Å². The number of rotatable bonds is 5. The summed E-state index contributed by atoms with van der Waals surface area (Å²) in [5.74, 6) is 2.80. The zero-order valence-electron chi connectivity index (χ0n) is 15.4. The highest BCUT2D eigenvalue weighted by molar-refractivity contribution is 5.50. The van der Waals surface area contributed by atoms with Crippen molar-refractivity contribution in [3.8, 4) is 17.2 Å². The standard InChI is InChI=1S/C19H21N5O3/c1-25-13-7-4-6-12(10-13)15-11-16(24-19(20-15)21-22-23-24)14-8-5-9-17(26-2)18(14)27-3/h4-10,15-16H,11H2,1-3H3,(H,20,21,23). The largest absolute Gasteiger partial charge is 0.497 e. The number of nitrogens with one attached hydrogen (secondary N) is 1. The lowest BCUT2D eigenvalue weighted by atomic mass is 9.92. The van der Waals surface area contributed by atoms with Crippen molar-refractivity contribution in [3.05, 3.63) is 53.6 Å². The lowest BCUT2D eigenvalue weighted by Crippen LogP contribution is -2.28. The first-order chi connectivity index (χ1) is 13.2. The number of hydrogen-bond acceptors (Lipinski definition) is 7. The van der Waals surface area contributed by atoms with Crippen molar-refractivity contribution in [2.24, 2.45) is 0 Å². The molecule has 0 fully saturated rings. The molecule has 0 bridgehead atoms. The first kappa shape index (κ1) is 17.1. The second-order valence-electron chi connectivity index (χ2n) is 6.25. The molecule has 1 aromatic heterocycles. The molecular formula is C19H21N5O3. The second-order valence-corrected chi connectivity index (χ2v) is 6.25. The average Bonchev–Trinajstić information content (AvgIpc) is 3.21. The molecule has 1 aliphatic rings. The molecule has 2 unspecified atom stereocenters. The molecule has 1 aliphatic heterocycles. The summed E-state index contributed by atoms with van der Waals surface area (Å²) in [6.07, 6.45) is 0.745. The Morgan fingerprint density at radius 2 is 1.89 bits per heavy atom. The number of tetrazole rings is 1. The van der Waals surface area contributed by atoms with E-state index >= 15 is 0 Å². The van der Waals surface area contributed by atoms with E-state index in [4.69, 9.17) is 14.2 Å². The van der Waals surface area contributed by atoms with Crippen molar-refractivity contribution in [1.29, 1.82) is 0 Å². The van der Waals surface area contributed by atoms with Crippen molar-refractivity contribution < 1.29 is 14.2 Å². The Kier molecular flexibility index (Phi) is 4.53. The summed E-state index contributed by atoms with van der Waals surface area (Å²) in [5.41, 5.74) is 2.08. The van der Waals surface area contributed by atoms with Gasteiger partial charge < -0.3 is 19.5 Å². The van der Waals surface area contributed by atoms with Gasteiger partial charge in [0, 0.05) is 5.56 Å². The minimum atomic E-state index is -0.0995. The highest BCUT2D eigenvalue weighted by Crippen LogP contribution is 2.43. The molecule has 140 valence electrons. The monoisotopic (exact) mass is 367 g/mol. The highest BCUT2D eigenvalue weighted by Gasteiger charge is 2.33. The summed E-state index contributed by atoms with van der Waals surface area (Å²) < 4.78 is 18.3. The average molecular weight is 367 g/mol. The number of hydrogen-bond donors (Lipinski definition) is 1. The fraction of sp³-hybridized carbons (Fsp3) is 0.316. The zero-order chi connectivity index (χ0) is 18.8. The molecule has 0 amide bonds. The minimum absolute atomic E-state index is 0.0273. The van der Waals surface area contributed by atoms with Crippen LogP contribution in [-0.4, -0.2) is 41.5 Å². The van der Waals surface area contributed by atoms with E-state index in [1.807, 2.05) is 36.4 Å². The van der Waals surface area contributed by atoms with Crippen molar-refractivity contribution in [3.63, 3.8) is 0 Å². The van der Waals surface area contributed by atoms with Crippen LogP contribution in [0.15, 0.2) is 42.5 Å². The number of para-hydroxylation sites is 1. The Hall–Kier alpha value is -3.29. The molecule has 0 spiro atoms. The maximum absolute atomic E-state index is 5.64. The molecule has 27 heavy (non-hydrogen) atoms. The van der Waals surface area contributed by atoms with Crippen LogP contribution in [0.2, 0.25) is 0 Å². The topological polar surface area (TPSA) is 83.3 Å². The molecule has 2 heterocycles. The van der Waals surface area contributed by atoms with E-state index in [-0.39, 0.29) is 12.1 Å². The summed E-state index contributed by atoms with van der Waals surface area (Å²) in [4.78, 5) is 0. The van der Waals surface area contributed by atoms with E-state index in [1.54, 1.807) is 26.0 Å². The van der Waals surface area contributed by atoms with E-state index in [0.717, 1.165) is 23.3 Å². The van der Waals surface area contributed by atoms with E-state index in [1.165, 1.54) is 0 Å². The van der Waals surface area contributed by atoms with Gasteiger partial charge in [0.25, 0.3) is 0 Å². The first-order valence-corrected chi connectivity index (χ1v) is 8.64. The van der Waals surface area contributed by atoms with Crippen LogP contribution in [0.5, 0.6) is 17.2 Å². The molecule has 3 aromatic rings. The van der Waals surface area contributed by atoms with Gasteiger partial charge in [-0.1, -0.05) is 29.4 Å². The van der Waals surface area contributed by atoms with Crippen LogP contribution >= 0.6 is 0 Å². The smallest absolute Gasteiger partial charge is 0.243 e. The number of nitrogens with zero attached hydrogens (tertiary/aromatic N) is 4. The van der Waals surface area contributed by atoms with Crippen molar-refractivity contribution in [2.75, 3.05) is 26.6 Å². The van der Waals surface area contributed by atoms with Crippen molar-refractivity contribution >= 4 is 5.95 Å². The lowest BCUT2D eigenvalue weighted by Gasteiger charge is -2.32. The molecular weight excluding hydrogens is 346 g/mol. The number of methoxy groups -OCH3 is 3. The Balaban J connectivity index is 1.77. The predicted octanol–water partition coefficient (Wildman–Crippen LogP) is 2.85. The summed E-state index contributed by atoms with van der Waals surface area (Å²) in [6.45, 7) is 0. The van der Waals surface area contributed by atoms with Gasteiger partial charge in [-0.15, -0.1) is 0 Å². The molecule has 1 N–H and O–H groups in total. The van der Waals surface area contributed by atoms with Crippen LogP contribution in [-0.2, 0) is 0 Å². The summed E-state index contributed by atoms with van der Waals surface area (Å²) >= 11 is 0. The van der Waals surface area contributed by atoms with E-state index in [0.29, 0.717) is 17.4 Å². The van der Waals surface area contributed by atoms with Crippen LogP contribution in [0.25, 0.3) is 0 Å². The predicted molar refractivity (Wildman–Crippen MR) is 99.5 cm³/mol. The van der Waals surface area contributed by atoms with Crippen LogP contribution in [0.4, 0.5) is 5.95 Å².